The molecule has 2 aromatic rings. The van der Waals surface area contributed by atoms with Crippen LogP contribution in [0.3, 0.4) is 0 Å². The van der Waals surface area contributed by atoms with Gasteiger partial charge in [0, 0.05) is 5.69 Å². The van der Waals surface area contributed by atoms with Crippen molar-refractivity contribution in [3.63, 3.8) is 0 Å². The second-order valence-electron chi connectivity index (χ2n) is 4.78. The largest absolute Gasteiger partial charge is 0.497 e. The smallest absolute Gasteiger partial charge is 0.338 e. The first-order chi connectivity index (χ1) is 11.7. The van der Waals surface area contributed by atoms with E-state index in [4.69, 9.17) is 14.7 Å². The van der Waals surface area contributed by atoms with E-state index in [0.717, 1.165) is 0 Å². The SMILES string of the molecule is COc1ccc(C(=O)OCC(=O)N(CC#N)c2ccccc2)cc1. The van der Waals surface area contributed by atoms with Crippen LogP contribution >= 0.6 is 0 Å². The second kappa shape index (κ2) is 8.34. The van der Waals surface area contributed by atoms with Crippen molar-refractivity contribution in [2.75, 3.05) is 25.2 Å². The van der Waals surface area contributed by atoms with E-state index in [0.29, 0.717) is 17.0 Å². The Hall–Kier alpha value is -3.33. The fourth-order valence-electron chi connectivity index (χ4n) is 2.02. The number of para-hydroxylation sites is 1. The van der Waals surface area contributed by atoms with Crippen molar-refractivity contribution in [2.45, 2.75) is 0 Å². The van der Waals surface area contributed by atoms with Gasteiger partial charge in [0.25, 0.3) is 5.91 Å². The third-order valence-electron chi connectivity index (χ3n) is 3.25. The van der Waals surface area contributed by atoms with Gasteiger partial charge < -0.3 is 9.47 Å². The molecule has 1 amide bonds. The standard InChI is InChI=1S/C18H16N2O4/c1-23-16-9-7-14(8-10-16)18(22)24-13-17(21)20(12-11-19)15-5-3-2-4-6-15/h2-10H,12-13H2,1H3. The van der Waals surface area contributed by atoms with Crippen molar-refractivity contribution in [3.8, 4) is 11.8 Å². The second-order valence-corrected chi connectivity index (χ2v) is 4.78. The van der Waals surface area contributed by atoms with Crippen LogP contribution in [0.5, 0.6) is 5.75 Å². The quantitative estimate of drug-likeness (QED) is 0.602. The summed E-state index contributed by atoms with van der Waals surface area (Å²) < 4.78 is 10.0. The number of ether oxygens (including phenoxy) is 2. The van der Waals surface area contributed by atoms with Crippen molar-refractivity contribution >= 4 is 17.6 Å². The minimum atomic E-state index is -0.615. The lowest BCUT2D eigenvalue weighted by Crippen LogP contribution is -2.35. The molecular weight excluding hydrogens is 308 g/mol. The van der Waals surface area contributed by atoms with E-state index in [1.54, 1.807) is 48.5 Å². The number of hydrogen-bond acceptors (Lipinski definition) is 5. The number of esters is 1. The van der Waals surface area contributed by atoms with Crippen LogP contribution in [-0.2, 0) is 9.53 Å². The Balaban J connectivity index is 1.99. The number of hydrogen-bond donors (Lipinski definition) is 0. The summed E-state index contributed by atoms with van der Waals surface area (Å²) in [4.78, 5) is 25.5. The molecule has 0 saturated heterocycles. The average molecular weight is 324 g/mol. The molecule has 0 N–H and O–H groups in total. The summed E-state index contributed by atoms with van der Waals surface area (Å²) in [6.07, 6.45) is 0. The molecular formula is C18H16N2O4. The first-order valence-corrected chi connectivity index (χ1v) is 7.19. The zero-order valence-corrected chi connectivity index (χ0v) is 13.1. The molecule has 0 spiro atoms. The number of amides is 1. The van der Waals surface area contributed by atoms with Crippen LogP contribution in [-0.4, -0.2) is 32.1 Å². The van der Waals surface area contributed by atoms with E-state index in [9.17, 15) is 9.59 Å². The van der Waals surface area contributed by atoms with E-state index in [2.05, 4.69) is 0 Å². The highest BCUT2D eigenvalue weighted by Gasteiger charge is 2.18. The summed E-state index contributed by atoms with van der Waals surface area (Å²) in [6, 6.07) is 17.0. The third-order valence-corrected chi connectivity index (χ3v) is 3.25. The van der Waals surface area contributed by atoms with Gasteiger partial charge in [0.05, 0.1) is 18.7 Å². The first-order valence-electron chi connectivity index (χ1n) is 7.19. The fraction of sp³-hybridized carbons (Fsp3) is 0.167. The molecule has 122 valence electrons. The van der Waals surface area contributed by atoms with Gasteiger partial charge in [0.1, 0.15) is 12.3 Å². The van der Waals surface area contributed by atoms with Crippen molar-refractivity contribution in [1.29, 1.82) is 5.26 Å². The predicted molar refractivity (Wildman–Crippen MR) is 87.7 cm³/mol. The van der Waals surface area contributed by atoms with E-state index < -0.39 is 18.5 Å². The number of anilines is 1. The number of carbonyl (C=O) groups is 2. The maximum atomic E-state index is 12.2. The predicted octanol–water partition coefficient (Wildman–Crippen LogP) is 2.41. The molecule has 0 radical (unpaired) electrons. The molecule has 2 rings (SSSR count). The summed E-state index contributed by atoms with van der Waals surface area (Å²) in [5, 5.41) is 8.89. The summed E-state index contributed by atoms with van der Waals surface area (Å²) in [6.45, 7) is -0.565. The molecule has 0 fully saturated rings. The van der Waals surface area contributed by atoms with Gasteiger partial charge in [0.15, 0.2) is 6.61 Å². The third kappa shape index (κ3) is 4.34. The number of carbonyl (C=O) groups excluding carboxylic acids is 2. The molecule has 24 heavy (non-hydrogen) atoms. The van der Waals surface area contributed by atoms with E-state index in [-0.39, 0.29) is 6.54 Å². The van der Waals surface area contributed by atoms with Crippen molar-refractivity contribution in [1.82, 2.24) is 0 Å². The topological polar surface area (TPSA) is 79.6 Å². The molecule has 0 aliphatic carbocycles. The van der Waals surface area contributed by atoms with Crippen molar-refractivity contribution < 1.29 is 19.1 Å². The van der Waals surface area contributed by atoms with Gasteiger partial charge in [-0.1, -0.05) is 18.2 Å². The summed E-state index contributed by atoms with van der Waals surface area (Å²) in [5.74, 6) is -0.465. The zero-order valence-electron chi connectivity index (χ0n) is 13.1. The van der Waals surface area contributed by atoms with E-state index >= 15 is 0 Å². The van der Waals surface area contributed by atoms with Gasteiger partial charge in [-0.3, -0.25) is 9.69 Å². The summed E-state index contributed by atoms with van der Waals surface area (Å²) >= 11 is 0. The molecule has 0 aliphatic rings. The highest BCUT2D eigenvalue weighted by Crippen LogP contribution is 2.14. The number of benzene rings is 2. The van der Waals surface area contributed by atoms with Crippen LogP contribution in [0.4, 0.5) is 5.69 Å². The number of methoxy groups -OCH3 is 1. The fourth-order valence-corrected chi connectivity index (χ4v) is 2.02. The number of rotatable bonds is 6. The van der Waals surface area contributed by atoms with Crippen molar-refractivity contribution in [2.24, 2.45) is 0 Å². The highest BCUT2D eigenvalue weighted by atomic mass is 16.5. The average Bonchev–Trinajstić information content (AvgIpc) is 2.64. The number of nitriles is 1. The number of nitrogens with zero attached hydrogens (tertiary/aromatic N) is 2. The maximum Gasteiger partial charge on any atom is 0.338 e. The van der Waals surface area contributed by atoms with Gasteiger partial charge in [-0.15, -0.1) is 0 Å². The molecule has 0 bridgehead atoms. The molecule has 0 aliphatic heterocycles. The molecule has 0 saturated carbocycles. The Morgan fingerprint density at radius 2 is 1.75 bits per heavy atom. The van der Waals surface area contributed by atoms with E-state index in [1.165, 1.54) is 12.0 Å². The van der Waals surface area contributed by atoms with Gasteiger partial charge in [-0.25, -0.2) is 4.79 Å². The van der Waals surface area contributed by atoms with Gasteiger partial charge in [-0.05, 0) is 36.4 Å². The molecule has 0 heterocycles. The van der Waals surface area contributed by atoms with Gasteiger partial charge >= 0.3 is 5.97 Å². The molecule has 6 heteroatoms. The Labute approximate surface area is 139 Å². The first kappa shape index (κ1) is 17.0. The minimum absolute atomic E-state index is 0.122. The molecule has 2 aromatic carbocycles. The summed E-state index contributed by atoms with van der Waals surface area (Å²) in [7, 11) is 1.53. The lowest BCUT2D eigenvalue weighted by atomic mass is 10.2. The lowest BCUT2D eigenvalue weighted by Gasteiger charge is -2.19. The molecule has 6 nitrogen and oxygen atoms in total. The monoisotopic (exact) mass is 324 g/mol. The molecule has 0 atom stereocenters. The van der Waals surface area contributed by atoms with Crippen LogP contribution < -0.4 is 9.64 Å². The van der Waals surface area contributed by atoms with Crippen LogP contribution in [0.15, 0.2) is 54.6 Å². The zero-order chi connectivity index (χ0) is 17.4. The van der Waals surface area contributed by atoms with Crippen LogP contribution in [0.1, 0.15) is 10.4 Å². The Bertz CT molecular complexity index is 736. The summed E-state index contributed by atoms with van der Waals surface area (Å²) in [5.41, 5.74) is 0.889. The molecule has 0 unspecified atom stereocenters. The normalized spacial score (nSPS) is 9.67. The van der Waals surface area contributed by atoms with Crippen LogP contribution in [0, 0.1) is 11.3 Å². The van der Waals surface area contributed by atoms with E-state index in [1.807, 2.05) is 12.1 Å². The Kier molecular flexibility index (Phi) is 5.92. The maximum absolute atomic E-state index is 12.2. The highest BCUT2D eigenvalue weighted by molar-refractivity contribution is 5.97. The Morgan fingerprint density at radius 1 is 1.08 bits per heavy atom. The van der Waals surface area contributed by atoms with Gasteiger partial charge in [-0.2, -0.15) is 5.26 Å². The molecule has 0 aromatic heterocycles. The van der Waals surface area contributed by atoms with Crippen molar-refractivity contribution in [3.05, 3.63) is 60.2 Å². The van der Waals surface area contributed by atoms with Crippen LogP contribution in [0.25, 0.3) is 0 Å². The van der Waals surface area contributed by atoms with Gasteiger partial charge in [0.2, 0.25) is 0 Å². The Morgan fingerprint density at radius 3 is 2.33 bits per heavy atom. The lowest BCUT2D eigenvalue weighted by molar-refractivity contribution is -0.121. The minimum Gasteiger partial charge on any atom is -0.497 e. The van der Waals surface area contributed by atoms with Crippen LogP contribution in [0.2, 0.25) is 0 Å².